The van der Waals surface area contributed by atoms with Crippen molar-refractivity contribution in [3.8, 4) is 85.1 Å². The molecule has 0 bridgehead atoms. The first-order valence-corrected chi connectivity index (χ1v) is 32.6. The maximum atomic E-state index is 14.5. The van der Waals surface area contributed by atoms with Gasteiger partial charge in [-0.1, -0.05) is 120 Å². The fourth-order valence-electron chi connectivity index (χ4n) is 15.1. The third-order valence-corrected chi connectivity index (χ3v) is 19.8. The van der Waals surface area contributed by atoms with Gasteiger partial charge in [0.1, 0.15) is 5.82 Å². The van der Waals surface area contributed by atoms with Crippen LogP contribution in [-0.2, 0) is 24.7 Å². The van der Waals surface area contributed by atoms with E-state index >= 15 is 0 Å². The SMILES string of the molecule is [C-]#[N+]/C(C#N)=C1/c2cc(-c3ccc(C(F)(F)F)c(C(F)(F)F)c3)ccc2-c2cc3cc4c(cc3cc21)-c1ccc(-c2ccc(C)c(F)c2)cc1/C4=C(/C#N)[N+]#[C-].[C-]#[N+]/N=c1\c2cc(-c3cc(C)cc(C)c3)ccc2c2c1ccc1c2ccc2c(=NC#N)c3cc(-c4cc(C(F)(F)F)cc(C(F)(F)F)c4)ccc3c21. The largest absolute Gasteiger partial charge is 0.417 e. The van der Waals surface area contributed by atoms with Crippen LogP contribution >= 0.6 is 0 Å². The molecule has 0 unspecified atom stereocenters. The van der Waals surface area contributed by atoms with Crippen molar-refractivity contribution < 1.29 is 57.1 Å². The third-order valence-electron chi connectivity index (χ3n) is 19.8. The van der Waals surface area contributed by atoms with Gasteiger partial charge < -0.3 is 0 Å². The number of fused-ring (bicyclic) bond motifs is 16. The van der Waals surface area contributed by atoms with E-state index in [2.05, 4.69) is 42.9 Å². The maximum absolute atomic E-state index is 14.5. The molecule has 0 N–H and O–H groups in total. The van der Waals surface area contributed by atoms with Gasteiger partial charge in [0.05, 0.1) is 58.0 Å². The zero-order chi connectivity index (χ0) is 76.5. The van der Waals surface area contributed by atoms with Crippen molar-refractivity contribution in [3.63, 3.8) is 0 Å². The summed E-state index contributed by atoms with van der Waals surface area (Å²) in [6.45, 7) is 28.9. The topological polar surface area (TPSA) is 109 Å². The van der Waals surface area contributed by atoms with E-state index in [9.17, 15) is 72.9 Å². The minimum absolute atomic E-state index is 0.0939. The number of halogens is 13. The number of hydrogen-bond acceptors (Lipinski definition) is 5. The predicted molar refractivity (Wildman–Crippen MR) is 387 cm³/mol. The number of benzene rings is 12. The van der Waals surface area contributed by atoms with Crippen LogP contribution in [0.3, 0.4) is 0 Å². The van der Waals surface area contributed by atoms with Gasteiger partial charge in [-0.25, -0.2) is 24.6 Å². The molecule has 0 saturated carbocycles. The first kappa shape index (κ1) is 69.7. The number of aryl methyl sites for hydroxylation is 3. The fourth-order valence-corrected chi connectivity index (χ4v) is 15.1. The molecule has 0 fully saturated rings. The smallest absolute Gasteiger partial charge is 0.226 e. The lowest BCUT2D eigenvalue weighted by Crippen LogP contribution is -2.16. The summed E-state index contributed by atoms with van der Waals surface area (Å²) < 4.78 is 179. The standard InChI is InChI=1S/C45H19F7N4.C42H22F6N4/c1-22-4-5-26(19-39(22)46)24-7-10-30-32-15-28-16-35-31(14-27(28)17-36(32)43(34(30)13-24)41(21-54)56-3)29-9-6-23(12-33(29)42(35)40(20-53)55-2)25-8-11-37(44(47,48)49)38(18-25)45(50,51)52;1-21-12-22(2)14-25(13-21)23-4-7-32-36(18-23)40(52-50-3)34-11-9-29-30(38(32)34)8-10-33-37(29)31-6-5-24(17-35(31)39(33)51-20-49)26-15-27(41(43,44)45)19-28(16-26)42(46,47)48/h4-19H,1H3;4-19H,1-2H3/b42-40-,43-41+;51-39?,52-40-. The van der Waals surface area contributed by atoms with Crippen LogP contribution in [0.5, 0.6) is 0 Å². The third kappa shape index (κ3) is 11.6. The zero-order valence-electron chi connectivity index (χ0n) is 56.0. The normalized spacial score (nSPS) is 13.8. The van der Waals surface area contributed by atoms with Gasteiger partial charge in [-0.2, -0.15) is 69.5 Å². The first-order chi connectivity index (χ1) is 51.4. The second-order valence-corrected chi connectivity index (χ2v) is 26.1. The van der Waals surface area contributed by atoms with Gasteiger partial charge in [-0.3, -0.25) is 0 Å². The van der Waals surface area contributed by atoms with Gasteiger partial charge in [-0.15, -0.1) is 4.95 Å². The Morgan fingerprint density at radius 1 is 0.352 bits per heavy atom. The number of rotatable bonds is 4. The zero-order valence-corrected chi connectivity index (χ0v) is 56.0. The van der Waals surface area contributed by atoms with Crippen LogP contribution in [-0.4, -0.2) is 0 Å². The summed E-state index contributed by atoms with van der Waals surface area (Å²) in [6, 6.07) is 53.9. The number of nitriles is 3. The van der Waals surface area contributed by atoms with Crippen LogP contribution in [0.15, 0.2) is 216 Å². The van der Waals surface area contributed by atoms with E-state index in [1.807, 2.05) is 105 Å². The monoisotopic (exact) mass is 1440 g/mol. The summed E-state index contributed by atoms with van der Waals surface area (Å²) in [6.07, 6.45) is -18.7. The molecular weight excluding hydrogens is 1400 g/mol. The Kier molecular flexibility index (Phi) is 16.4. The molecule has 108 heavy (non-hydrogen) atoms. The summed E-state index contributed by atoms with van der Waals surface area (Å²) in [5, 5.41) is 43.4. The van der Waals surface area contributed by atoms with E-state index in [-0.39, 0.29) is 56.5 Å². The molecule has 0 aliphatic heterocycles. The molecule has 520 valence electrons. The van der Waals surface area contributed by atoms with E-state index in [0.717, 1.165) is 71.6 Å². The summed E-state index contributed by atoms with van der Waals surface area (Å²) in [7, 11) is 0. The molecule has 2 aliphatic rings. The van der Waals surface area contributed by atoms with Crippen molar-refractivity contribution in [3.05, 3.63) is 318 Å². The van der Waals surface area contributed by atoms with E-state index in [1.54, 1.807) is 43.4 Å². The molecule has 0 radical (unpaired) electrons. The molecule has 0 atom stereocenters. The second-order valence-electron chi connectivity index (χ2n) is 26.1. The van der Waals surface area contributed by atoms with Gasteiger partial charge in [0, 0.05) is 32.7 Å². The summed E-state index contributed by atoms with van der Waals surface area (Å²) in [5.74, 6) is -0.376. The summed E-state index contributed by atoms with van der Waals surface area (Å²) in [4.78, 5) is 14.4. The maximum Gasteiger partial charge on any atom is 0.417 e. The average Bonchev–Trinajstić information content (AvgIpc) is 1.56. The Hall–Kier alpha value is -14.0. The van der Waals surface area contributed by atoms with Crippen molar-refractivity contribution >= 4 is 75.8 Å². The van der Waals surface area contributed by atoms with Crippen LogP contribution in [0.25, 0.3) is 157 Å². The molecule has 8 nitrogen and oxygen atoms in total. The van der Waals surface area contributed by atoms with Crippen LogP contribution in [0.2, 0.25) is 0 Å². The van der Waals surface area contributed by atoms with Crippen LogP contribution in [0.1, 0.15) is 61.2 Å². The van der Waals surface area contributed by atoms with Gasteiger partial charge in [-0.05, 0) is 243 Å². The molecule has 0 saturated heterocycles. The second kappa shape index (κ2) is 25.4. The molecule has 2 aliphatic carbocycles. The fraction of sp³-hybridized carbons (Fsp3) is 0.0805. The van der Waals surface area contributed by atoms with Crippen LogP contribution in [0.4, 0.5) is 57.1 Å². The molecule has 14 aromatic rings. The van der Waals surface area contributed by atoms with Crippen molar-refractivity contribution in [1.82, 2.24) is 0 Å². The Morgan fingerprint density at radius 2 is 0.741 bits per heavy atom. The predicted octanol–water partition coefficient (Wildman–Crippen LogP) is 24.5. The lowest BCUT2D eigenvalue weighted by Gasteiger charge is -2.17. The van der Waals surface area contributed by atoms with Crippen LogP contribution < -0.4 is 10.7 Å². The van der Waals surface area contributed by atoms with E-state index in [1.165, 1.54) is 30.3 Å². The number of hydrogen-bond donors (Lipinski definition) is 0. The van der Waals surface area contributed by atoms with E-state index in [4.69, 9.17) is 19.7 Å². The van der Waals surface area contributed by atoms with Gasteiger partial charge in [0.2, 0.25) is 6.19 Å². The Labute approximate surface area is 604 Å². The minimum atomic E-state index is -5.29. The average molecular weight is 1450 g/mol. The Bertz CT molecular complexity index is 6790. The number of allylic oxidation sites excluding steroid dienone is 2. The van der Waals surface area contributed by atoms with E-state index in [0.29, 0.717) is 118 Å². The van der Waals surface area contributed by atoms with Gasteiger partial charge in [0.25, 0.3) is 11.4 Å². The molecule has 0 heterocycles. The molecule has 21 heteroatoms. The summed E-state index contributed by atoms with van der Waals surface area (Å²) in [5.41, 5.74) is 4.17. The quantitative estimate of drug-likeness (QED) is 0.0575. The highest BCUT2D eigenvalue weighted by Crippen LogP contribution is 2.54. The molecule has 0 aromatic heterocycles. The molecule has 16 rings (SSSR count). The van der Waals surface area contributed by atoms with Crippen molar-refractivity contribution in [2.75, 3.05) is 0 Å². The van der Waals surface area contributed by atoms with Gasteiger partial charge in [0.15, 0.2) is 5.36 Å². The van der Waals surface area contributed by atoms with Crippen molar-refractivity contribution in [2.45, 2.75) is 45.5 Å². The van der Waals surface area contributed by atoms with Crippen molar-refractivity contribution in [1.29, 1.82) is 15.8 Å². The molecular formula is C87H41F13N8. The molecule has 14 aromatic carbocycles. The minimum Gasteiger partial charge on any atom is -0.226 e. The van der Waals surface area contributed by atoms with Gasteiger partial charge >= 0.3 is 24.7 Å². The number of nitrogens with zero attached hydrogens (tertiary/aromatic N) is 8. The lowest BCUT2D eigenvalue weighted by atomic mass is 9.94. The molecule has 0 amide bonds. The lowest BCUT2D eigenvalue weighted by molar-refractivity contribution is -0.162. The summed E-state index contributed by atoms with van der Waals surface area (Å²) >= 11 is 0. The number of alkyl halides is 12. The van der Waals surface area contributed by atoms with Crippen molar-refractivity contribution in [2.24, 2.45) is 10.1 Å². The van der Waals surface area contributed by atoms with E-state index < -0.39 is 47.0 Å². The highest BCUT2D eigenvalue weighted by Gasteiger charge is 2.44. The molecule has 0 spiro atoms. The Balaban J connectivity index is 0.000000173. The Morgan fingerprint density at radius 3 is 1.19 bits per heavy atom. The highest BCUT2D eigenvalue weighted by atomic mass is 19.4. The highest BCUT2D eigenvalue weighted by molar-refractivity contribution is 6.31. The first-order valence-electron chi connectivity index (χ1n) is 32.6. The van der Waals surface area contributed by atoms with Crippen LogP contribution in [0, 0.1) is 80.4 Å².